The summed E-state index contributed by atoms with van der Waals surface area (Å²) in [5.74, 6) is 0.155. The predicted molar refractivity (Wildman–Crippen MR) is 65.3 cm³/mol. The normalized spacial score (nSPS) is 27.2. The summed E-state index contributed by atoms with van der Waals surface area (Å²) < 4.78 is 20.5. The first kappa shape index (κ1) is 12.5. The summed E-state index contributed by atoms with van der Waals surface area (Å²) in [5.41, 5.74) is 6.45. The largest absolute Gasteiger partial charge is 0.394 e. The Balaban J connectivity index is 2.02. The molecule has 1 aliphatic rings. The van der Waals surface area contributed by atoms with Gasteiger partial charge >= 0.3 is 0 Å². The van der Waals surface area contributed by atoms with E-state index in [4.69, 9.17) is 27.2 Å². The highest BCUT2D eigenvalue weighted by molar-refractivity contribution is 6.28. The van der Waals surface area contributed by atoms with Crippen molar-refractivity contribution in [3.05, 3.63) is 11.6 Å². The standard InChI is InChI=1S/C10H11ClFN5O2/c11-10-15-8(13)7-9(16-10)17(3-14-7)6-1-4(12)5(2-18)19-6/h3-6,18H,1-2H2,(H2,13,15,16)/t4?,5-,6-/m1/s1. The van der Waals surface area contributed by atoms with E-state index in [1.807, 2.05) is 0 Å². The first-order valence-electron chi connectivity index (χ1n) is 5.66. The third-order valence-electron chi connectivity index (χ3n) is 3.07. The molecule has 1 aliphatic heterocycles. The maximum absolute atomic E-state index is 13.6. The molecule has 1 unspecified atom stereocenters. The topological polar surface area (TPSA) is 99.1 Å². The first-order valence-corrected chi connectivity index (χ1v) is 6.04. The van der Waals surface area contributed by atoms with Crippen LogP contribution in [0.25, 0.3) is 11.2 Å². The zero-order valence-electron chi connectivity index (χ0n) is 9.70. The van der Waals surface area contributed by atoms with Crippen LogP contribution in [0, 0.1) is 0 Å². The molecular formula is C10H11ClFN5O2. The molecule has 0 aliphatic carbocycles. The van der Waals surface area contributed by atoms with Crippen molar-refractivity contribution in [2.45, 2.75) is 24.9 Å². The summed E-state index contributed by atoms with van der Waals surface area (Å²) in [5, 5.41) is 8.98. The molecule has 1 fully saturated rings. The van der Waals surface area contributed by atoms with Crippen molar-refractivity contribution in [2.75, 3.05) is 12.3 Å². The molecular weight excluding hydrogens is 277 g/mol. The number of ether oxygens (including phenoxy) is 1. The molecule has 3 N–H and O–H groups in total. The van der Waals surface area contributed by atoms with Crippen LogP contribution in [0.2, 0.25) is 5.28 Å². The second-order valence-corrected chi connectivity index (χ2v) is 4.60. The van der Waals surface area contributed by atoms with Gasteiger partial charge in [0.1, 0.15) is 24.0 Å². The number of nitrogen functional groups attached to an aromatic ring is 1. The molecule has 2 aromatic rings. The number of aliphatic hydroxyl groups excluding tert-OH is 1. The minimum atomic E-state index is -1.23. The lowest BCUT2D eigenvalue weighted by molar-refractivity contribution is -0.0323. The van der Waals surface area contributed by atoms with Gasteiger partial charge in [-0.15, -0.1) is 0 Å². The molecule has 3 atom stereocenters. The lowest BCUT2D eigenvalue weighted by atomic mass is 10.2. The lowest BCUT2D eigenvalue weighted by Crippen LogP contribution is -2.21. The van der Waals surface area contributed by atoms with Gasteiger partial charge in [0.25, 0.3) is 0 Å². The third-order valence-corrected chi connectivity index (χ3v) is 3.24. The van der Waals surface area contributed by atoms with Crippen LogP contribution >= 0.6 is 11.6 Å². The number of nitrogens with zero attached hydrogens (tertiary/aromatic N) is 4. The molecule has 0 radical (unpaired) electrons. The fourth-order valence-corrected chi connectivity index (χ4v) is 2.32. The number of aromatic nitrogens is 4. The summed E-state index contributed by atoms with van der Waals surface area (Å²) in [6.45, 7) is -0.373. The van der Waals surface area contributed by atoms with Gasteiger partial charge in [0.2, 0.25) is 5.28 Å². The van der Waals surface area contributed by atoms with E-state index >= 15 is 0 Å². The van der Waals surface area contributed by atoms with E-state index in [0.717, 1.165) is 0 Å². The highest BCUT2D eigenvalue weighted by Gasteiger charge is 2.36. The Labute approximate surface area is 112 Å². The van der Waals surface area contributed by atoms with Crippen molar-refractivity contribution in [1.82, 2.24) is 19.5 Å². The van der Waals surface area contributed by atoms with Crippen molar-refractivity contribution in [2.24, 2.45) is 0 Å². The third kappa shape index (κ3) is 2.01. The van der Waals surface area contributed by atoms with Gasteiger partial charge in [-0.1, -0.05) is 0 Å². The second kappa shape index (κ2) is 4.55. The zero-order valence-corrected chi connectivity index (χ0v) is 10.5. The SMILES string of the molecule is Nc1nc(Cl)nc2c1ncn2[C@H]1CC(F)[C@@H](CO)O1. The molecule has 0 aromatic carbocycles. The zero-order chi connectivity index (χ0) is 13.6. The monoisotopic (exact) mass is 287 g/mol. The number of anilines is 1. The van der Waals surface area contributed by atoms with Gasteiger partial charge in [0, 0.05) is 6.42 Å². The molecule has 9 heteroatoms. The van der Waals surface area contributed by atoms with Gasteiger partial charge in [-0.2, -0.15) is 9.97 Å². The number of hydrogen-bond acceptors (Lipinski definition) is 6. The average Bonchev–Trinajstić information content (AvgIpc) is 2.92. The van der Waals surface area contributed by atoms with Gasteiger partial charge < -0.3 is 15.6 Å². The van der Waals surface area contributed by atoms with E-state index in [2.05, 4.69) is 15.0 Å². The molecule has 2 aromatic heterocycles. The van der Waals surface area contributed by atoms with E-state index < -0.39 is 18.5 Å². The first-order chi connectivity index (χ1) is 9.10. The van der Waals surface area contributed by atoms with Crippen LogP contribution in [0.15, 0.2) is 6.33 Å². The number of halogens is 2. The molecule has 102 valence electrons. The number of alkyl halides is 1. The number of fused-ring (bicyclic) bond motifs is 1. The van der Waals surface area contributed by atoms with Crippen LogP contribution in [0.1, 0.15) is 12.6 Å². The van der Waals surface area contributed by atoms with Crippen LogP contribution < -0.4 is 5.73 Å². The lowest BCUT2D eigenvalue weighted by Gasteiger charge is -2.13. The molecule has 3 rings (SSSR count). The number of nitrogens with two attached hydrogens (primary N) is 1. The molecule has 1 saturated heterocycles. The quantitative estimate of drug-likeness (QED) is 0.788. The number of rotatable bonds is 2. The Morgan fingerprint density at radius 2 is 2.37 bits per heavy atom. The molecule has 19 heavy (non-hydrogen) atoms. The van der Waals surface area contributed by atoms with E-state index in [0.29, 0.717) is 11.2 Å². The van der Waals surface area contributed by atoms with Crippen LogP contribution in [-0.2, 0) is 4.74 Å². The summed E-state index contributed by atoms with van der Waals surface area (Å²) in [6.07, 6.45) is -1.11. The summed E-state index contributed by atoms with van der Waals surface area (Å²) in [4.78, 5) is 11.9. The Morgan fingerprint density at radius 1 is 1.58 bits per heavy atom. The number of aliphatic hydroxyl groups is 1. The summed E-state index contributed by atoms with van der Waals surface area (Å²) in [6, 6.07) is 0. The van der Waals surface area contributed by atoms with Gasteiger partial charge in [-0.25, -0.2) is 9.37 Å². The van der Waals surface area contributed by atoms with Crippen LogP contribution in [0.4, 0.5) is 10.2 Å². The van der Waals surface area contributed by atoms with Gasteiger partial charge in [0.15, 0.2) is 11.5 Å². The highest BCUT2D eigenvalue weighted by Crippen LogP contribution is 2.33. The fourth-order valence-electron chi connectivity index (χ4n) is 2.15. The van der Waals surface area contributed by atoms with Crippen molar-refractivity contribution in [3.63, 3.8) is 0 Å². The van der Waals surface area contributed by atoms with Crippen molar-refractivity contribution in [3.8, 4) is 0 Å². The van der Waals surface area contributed by atoms with Gasteiger partial charge in [0.05, 0.1) is 12.9 Å². The summed E-state index contributed by atoms with van der Waals surface area (Å²) in [7, 11) is 0. The predicted octanol–water partition coefficient (Wildman–Crippen LogP) is 0.680. The molecule has 3 heterocycles. The maximum Gasteiger partial charge on any atom is 0.226 e. The van der Waals surface area contributed by atoms with E-state index in [9.17, 15) is 4.39 Å². The Morgan fingerprint density at radius 3 is 3.05 bits per heavy atom. The van der Waals surface area contributed by atoms with E-state index in [1.165, 1.54) is 6.33 Å². The van der Waals surface area contributed by atoms with E-state index in [1.54, 1.807) is 4.57 Å². The van der Waals surface area contributed by atoms with Crippen LogP contribution in [-0.4, -0.2) is 43.5 Å². The Hall–Kier alpha value is -1.51. The van der Waals surface area contributed by atoms with Crippen LogP contribution in [0.5, 0.6) is 0 Å². The molecule has 7 nitrogen and oxygen atoms in total. The molecule has 0 spiro atoms. The minimum absolute atomic E-state index is 0.0137. The van der Waals surface area contributed by atoms with Crippen molar-refractivity contribution >= 4 is 28.6 Å². The van der Waals surface area contributed by atoms with Gasteiger partial charge in [-0.05, 0) is 11.6 Å². The maximum atomic E-state index is 13.6. The molecule has 0 amide bonds. The smallest absolute Gasteiger partial charge is 0.226 e. The molecule has 0 bridgehead atoms. The van der Waals surface area contributed by atoms with Gasteiger partial charge in [-0.3, -0.25) is 4.57 Å². The molecule has 0 saturated carbocycles. The Kier molecular flexibility index (Phi) is 3.00. The Bertz CT molecular complexity index is 621. The highest BCUT2D eigenvalue weighted by atomic mass is 35.5. The minimum Gasteiger partial charge on any atom is -0.394 e. The van der Waals surface area contributed by atoms with E-state index in [-0.39, 0.29) is 24.1 Å². The van der Waals surface area contributed by atoms with Crippen LogP contribution in [0.3, 0.4) is 0 Å². The van der Waals surface area contributed by atoms with Crippen molar-refractivity contribution < 1.29 is 14.2 Å². The second-order valence-electron chi connectivity index (χ2n) is 4.27. The van der Waals surface area contributed by atoms with Crippen molar-refractivity contribution in [1.29, 1.82) is 0 Å². The average molecular weight is 288 g/mol. The number of imidazole rings is 1. The fraction of sp³-hybridized carbons (Fsp3) is 0.500. The summed E-state index contributed by atoms with van der Waals surface area (Å²) >= 11 is 5.75. The number of hydrogen-bond donors (Lipinski definition) is 2.